The van der Waals surface area contributed by atoms with E-state index in [4.69, 9.17) is 4.74 Å². The van der Waals surface area contributed by atoms with Crippen molar-refractivity contribution in [2.45, 2.75) is 61.4 Å². The summed E-state index contributed by atoms with van der Waals surface area (Å²) in [7, 11) is 1.64. The number of aliphatic hydroxyl groups is 1. The van der Waals surface area contributed by atoms with Crippen molar-refractivity contribution < 1.29 is 14.6 Å². The summed E-state index contributed by atoms with van der Waals surface area (Å²) < 4.78 is 5.37. The molecule has 2 saturated heterocycles. The van der Waals surface area contributed by atoms with Crippen LogP contribution in [0.2, 0.25) is 0 Å². The lowest BCUT2D eigenvalue weighted by atomic mass is 9.95. The Balaban J connectivity index is 1.09. The number of piperidine rings is 1. The third kappa shape index (κ3) is 4.70. The fourth-order valence-electron chi connectivity index (χ4n) is 6.09. The highest BCUT2D eigenvalue weighted by atomic mass is 32.2. The maximum Gasteiger partial charge on any atom is 0.234 e. The molecule has 2 aromatic carbocycles. The number of hydrogen-bond donors (Lipinski definition) is 3. The van der Waals surface area contributed by atoms with Crippen LogP contribution < -0.4 is 15.4 Å². The molecule has 36 heavy (non-hydrogen) atoms. The van der Waals surface area contributed by atoms with Crippen molar-refractivity contribution in [1.29, 1.82) is 0 Å². The highest BCUT2D eigenvalue weighted by Gasteiger charge is 2.41. The van der Waals surface area contributed by atoms with Crippen LogP contribution in [0.5, 0.6) is 5.75 Å². The molecule has 3 atom stereocenters. The number of ether oxygens (including phenoxy) is 1. The number of benzene rings is 2. The van der Waals surface area contributed by atoms with Gasteiger partial charge in [0.25, 0.3) is 0 Å². The predicted molar refractivity (Wildman–Crippen MR) is 142 cm³/mol. The summed E-state index contributed by atoms with van der Waals surface area (Å²) in [5, 5.41) is 19.0. The molecule has 2 bridgehead atoms. The molecule has 3 unspecified atom stereocenters. The lowest BCUT2D eigenvalue weighted by Gasteiger charge is -2.40. The second-order valence-corrected chi connectivity index (χ2v) is 11.1. The first-order valence-corrected chi connectivity index (χ1v) is 13.7. The molecule has 3 aliphatic rings. The molecule has 6 rings (SSSR count). The van der Waals surface area contributed by atoms with E-state index in [1.54, 1.807) is 25.1 Å². The average Bonchev–Trinajstić information content (AvgIpc) is 3.12. The Morgan fingerprint density at radius 3 is 2.86 bits per heavy atom. The lowest BCUT2D eigenvalue weighted by molar-refractivity contribution is -0.113. The highest BCUT2D eigenvalue weighted by Crippen LogP contribution is 2.38. The Morgan fingerprint density at radius 2 is 2.06 bits per heavy atom. The van der Waals surface area contributed by atoms with Crippen LogP contribution in [0.3, 0.4) is 0 Å². The number of aliphatic hydroxyl groups excluding tert-OH is 1. The maximum atomic E-state index is 11.7. The highest BCUT2D eigenvalue weighted by molar-refractivity contribution is 8.00. The Labute approximate surface area is 215 Å². The van der Waals surface area contributed by atoms with Crippen molar-refractivity contribution in [1.82, 2.24) is 15.2 Å². The van der Waals surface area contributed by atoms with Gasteiger partial charge in [0.15, 0.2) is 0 Å². The smallest absolute Gasteiger partial charge is 0.234 e. The molecule has 0 aliphatic carbocycles. The molecule has 8 heteroatoms. The van der Waals surface area contributed by atoms with E-state index in [1.807, 2.05) is 24.3 Å². The first-order chi connectivity index (χ1) is 17.6. The molecule has 0 radical (unpaired) electrons. The molecule has 3 aliphatic heterocycles. The predicted octanol–water partition coefficient (Wildman–Crippen LogP) is 4.11. The summed E-state index contributed by atoms with van der Waals surface area (Å²) in [5.41, 5.74) is 3.91. The Hall–Kier alpha value is -2.65. The lowest BCUT2D eigenvalue weighted by Crippen LogP contribution is -2.50. The van der Waals surface area contributed by atoms with Crippen LogP contribution >= 0.6 is 11.8 Å². The minimum atomic E-state index is -0.571. The van der Waals surface area contributed by atoms with Gasteiger partial charge >= 0.3 is 0 Å². The van der Waals surface area contributed by atoms with Gasteiger partial charge in [0.1, 0.15) is 5.75 Å². The van der Waals surface area contributed by atoms with Crippen LogP contribution in [0.15, 0.2) is 53.6 Å². The van der Waals surface area contributed by atoms with E-state index in [9.17, 15) is 9.90 Å². The average molecular weight is 505 g/mol. The molecule has 1 amide bonds. The van der Waals surface area contributed by atoms with Crippen molar-refractivity contribution in [3.63, 3.8) is 0 Å². The number of thioether (sulfide) groups is 1. The van der Waals surface area contributed by atoms with Gasteiger partial charge in [0, 0.05) is 41.5 Å². The number of amides is 1. The van der Waals surface area contributed by atoms with Gasteiger partial charge < -0.3 is 20.5 Å². The zero-order valence-corrected chi connectivity index (χ0v) is 21.3. The molecule has 188 valence electrons. The van der Waals surface area contributed by atoms with Crippen molar-refractivity contribution in [3.05, 3.63) is 59.8 Å². The maximum absolute atomic E-state index is 11.7. The molecule has 2 fully saturated rings. The van der Waals surface area contributed by atoms with E-state index in [-0.39, 0.29) is 5.91 Å². The monoisotopic (exact) mass is 504 g/mol. The SMILES string of the molecule is COc1cnc2cccc(C(O)CN3C4CCC3CC(NCc3ccc5c(c3)NC(=O)CS5)C4)c2c1. The van der Waals surface area contributed by atoms with Crippen LogP contribution in [-0.2, 0) is 11.3 Å². The molecule has 1 aromatic heterocycles. The van der Waals surface area contributed by atoms with Gasteiger partial charge in [-0.3, -0.25) is 14.7 Å². The largest absolute Gasteiger partial charge is 0.495 e. The first kappa shape index (κ1) is 23.7. The van der Waals surface area contributed by atoms with E-state index in [1.165, 1.54) is 18.4 Å². The number of carbonyl (C=O) groups is 1. The number of carbonyl (C=O) groups excluding carboxylic acids is 1. The van der Waals surface area contributed by atoms with E-state index >= 15 is 0 Å². The fraction of sp³-hybridized carbons (Fsp3) is 0.429. The number of anilines is 1. The van der Waals surface area contributed by atoms with Crippen molar-refractivity contribution >= 4 is 34.3 Å². The van der Waals surface area contributed by atoms with Crippen LogP contribution in [-0.4, -0.2) is 58.4 Å². The van der Waals surface area contributed by atoms with E-state index in [0.717, 1.165) is 46.4 Å². The Bertz CT molecular complexity index is 1270. The Morgan fingerprint density at radius 1 is 1.22 bits per heavy atom. The summed E-state index contributed by atoms with van der Waals surface area (Å²) in [6.07, 6.45) is 5.69. The number of aromatic nitrogens is 1. The zero-order valence-electron chi connectivity index (χ0n) is 20.4. The second kappa shape index (κ2) is 10.0. The van der Waals surface area contributed by atoms with Gasteiger partial charge in [-0.25, -0.2) is 0 Å². The van der Waals surface area contributed by atoms with Crippen molar-refractivity contribution in [2.24, 2.45) is 0 Å². The summed E-state index contributed by atoms with van der Waals surface area (Å²) in [4.78, 5) is 19.9. The first-order valence-electron chi connectivity index (χ1n) is 12.7. The van der Waals surface area contributed by atoms with Gasteiger partial charge in [-0.1, -0.05) is 18.2 Å². The quantitative estimate of drug-likeness (QED) is 0.447. The van der Waals surface area contributed by atoms with Gasteiger partial charge in [0.05, 0.1) is 36.4 Å². The molecular weight excluding hydrogens is 472 g/mol. The summed E-state index contributed by atoms with van der Waals surface area (Å²) in [6.45, 7) is 1.44. The number of rotatable bonds is 7. The molecule has 3 N–H and O–H groups in total. The summed E-state index contributed by atoms with van der Waals surface area (Å²) in [5.74, 6) is 1.27. The van der Waals surface area contributed by atoms with Gasteiger partial charge in [-0.15, -0.1) is 11.8 Å². The molecule has 4 heterocycles. The summed E-state index contributed by atoms with van der Waals surface area (Å²) >= 11 is 1.60. The van der Waals surface area contributed by atoms with E-state index in [2.05, 4.69) is 38.7 Å². The molecule has 3 aromatic rings. The summed E-state index contributed by atoms with van der Waals surface area (Å²) in [6, 6.07) is 15.7. The third-order valence-electron chi connectivity index (χ3n) is 7.87. The molecule has 0 spiro atoms. The fourth-order valence-corrected chi connectivity index (χ4v) is 6.88. The number of pyridine rings is 1. The van der Waals surface area contributed by atoms with Gasteiger partial charge in [0.2, 0.25) is 5.91 Å². The van der Waals surface area contributed by atoms with Crippen molar-refractivity contribution in [2.75, 3.05) is 24.7 Å². The minimum absolute atomic E-state index is 0.0719. The van der Waals surface area contributed by atoms with Gasteiger partial charge in [-0.05, 0) is 61.1 Å². The number of fused-ring (bicyclic) bond motifs is 4. The molecule has 0 saturated carbocycles. The van der Waals surface area contributed by atoms with E-state index < -0.39 is 6.10 Å². The second-order valence-electron chi connectivity index (χ2n) is 10.1. The third-order valence-corrected chi connectivity index (χ3v) is 8.94. The van der Waals surface area contributed by atoms with Crippen LogP contribution in [0.25, 0.3) is 10.9 Å². The number of nitrogens with zero attached hydrogens (tertiary/aromatic N) is 2. The number of methoxy groups -OCH3 is 1. The normalized spacial score (nSPS) is 24.4. The molecule has 7 nitrogen and oxygen atoms in total. The van der Waals surface area contributed by atoms with E-state index in [0.29, 0.717) is 36.2 Å². The van der Waals surface area contributed by atoms with Gasteiger partial charge in [-0.2, -0.15) is 0 Å². The standard InChI is InChI=1S/C28H32N4O3S/c1-35-21-12-23-22(3-2-4-24(23)30-14-21)26(33)15-32-19-6-7-20(32)11-18(10-19)29-13-17-5-8-27-25(9-17)31-28(34)16-36-27/h2-5,8-9,12,14,18-20,26,29,33H,6-7,10-11,13,15-16H2,1H3,(H,31,34). The van der Waals surface area contributed by atoms with Crippen molar-refractivity contribution in [3.8, 4) is 5.75 Å². The number of nitrogens with one attached hydrogen (secondary N) is 2. The number of hydrogen-bond acceptors (Lipinski definition) is 7. The van der Waals surface area contributed by atoms with Crippen LogP contribution in [0, 0.1) is 0 Å². The molecular formula is C28H32N4O3S. The zero-order chi connectivity index (χ0) is 24.6. The minimum Gasteiger partial charge on any atom is -0.495 e. The van der Waals surface area contributed by atoms with Crippen LogP contribution in [0.4, 0.5) is 5.69 Å². The van der Waals surface area contributed by atoms with Crippen LogP contribution in [0.1, 0.15) is 42.9 Å². The topological polar surface area (TPSA) is 86.7 Å². The Kier molecular flexibility index (Phi) is 6.60.